The van der Waals surface area contributed by atoms with E-state index in [4.69, 9.17) is 4.42 Å². The fraction of sp³-hybridized carbons (Fsp3) is 0.111. The lowest BCUT2D eigenvalue weighted by Gasteiger charge is -2.17. The summed E-state index contributed by atoms with van der Waals surface area (Å²) in [6, 6.07) is 11.1. The molecule has 3 aromatic rings. The molecule has 1 aromatic heterocycles. The highest BCUT2D eigenvalue weighted by Crippen LogP contribution is 2.29. The molecule has 9 nitrogen and oxygen atoms in total. The van der Waals surface area contributed by atoms with Gasteiger partial charge in [0, 0.05) is 18.7 Å². The van der Waals surface area contributed by atoms with Crippen molar-refractivity contribution in [1.82, 2.24) is 4.72 Å². The van der Waals surface area contributed by atoms with Gasteiger partial charge in [0.25, 0.3) is 5.69 Å². The lowest BCUT2D eigenvalue weighted by atomic mass is 10.3. The zero-order chi connectivity index (χ0) is 21.9. The lowest BCUT2D eigenvalue weighted by Crippen LogP contribution is -2.31. The molecule has 0 bridgehead atoms. The number of sulfonamides is 1. The summed E-state index contributed by atoms with van der Waals surface area (Å²) in [7, 11) is -8.32. The number of nitrogens with one attached hydrogen (secondary N) is 1. The number of non-ortho nitro benzene ring substituents is 1. The van der Waals surface area contributed by atoms with Crippen LogP contribution < -0.4 is 4.72 Å². The highest BCUT2D eigenvalue weighted by molar-refractivity contribution is 7.92. The molecule has 30 heavy (non-hydrogen) atoms. The van der Waals surface area contributed by atoms with E-state index < -0.39 is 42.4 Å². The molecule has 0 spiro atoms. The number of furan rings is 1. The van der Waals surface area contributed by atoms with Gasteiger partial charge in [0.05, 0.1) is 21.0 Å². The molecule has 2 aromatic carbocycles. The number of nitro benzene ring substituents is 1. The van der Waals surface area contributed by atoms with E-state index in [0.717, 1.165) is 48.5 Å². The van der Waals surface area contributed by atoms with Crippen molar-refractivity contribution in [3.8, 4) is 0 Å². The van der Waals surface area contributed by atoms with Crippen LogP contribution in [0.3, 0.4) is 0 Å². The smallest absolute Gasteiger partial charge is 0.269 e. The lowest BCUT2D eigenvalue weighted by molar-refractivity contribution is -0.384. The quantitative estimate of drug-likeness (QED) is 0.314. The minimum Gasteiger partial charge on any atom is -0.468 e. The van der Waals surface area contributed by atoms with Crippen molar-refractivity contribution < 1.29 is 30.6 Å². The second-order valence-corrected chi connectivity index (χ2v) is 10.0. The van der Waals surface area contributed by atoms with E-state index in [-0.39, 0.29) is 21.2 Å². The molecule has 1 atom stereocenters. The summed E-state index contributed by atoms with van der Waals surface area (Å²) in [5.74, 6) is -0.631. The summed E-state index contributed by atoms with van der Waals surface area (Å²) < 4.78 is 71.7. The zero-order valence-electron chi connectivity index (χ0n) is 15.1. The van der Waals surface area contributed by atoms with Crippen LogP contribution in [0, 0.1) is 15.9 Å². The van der Waals surface area contributed by atoms with E-state index in [1.165, 1.54) is 18.4 Å². The van der Waals surface area contributed by atoms with Crippen LogP contribution in [0.25, 0.3) is 0 Å². The van der Waals surface area contributed by atoms with Crippen LogP contribution in [0.5, 0.6) is 0 Å². The minimum atomic E-state index is -4.18. The molecule has 1 heterocycles. The molecule has 0 aliphatic carbocycles. The molecule has 0 saturated carbocycles. The first-order valence-corrected chi connectivity index (χ1v) is 11.4. The van der Waals surface area contributed by atoms with E-state index >= 15 is 0 Å². The number of halogens is 1. The summed E-state index contributed by atoms with van der Waals surface area (Å²) in [4.78, 5) is 9.56. The predicted molar refractivity (Wildman–Crippen MR) is 103 cm³/mol. The molecule has 0 saturated heterocycles. The molecule has 0 fully saturated rings. The first-order chi connectivity index (χ1) is 14.1. The second kappa shape index (κ2) is 8.34. The maximum absolute atomic E-state index is 13.2. The highest BCUT2D eigenvalue weighted by atomic mass is 32.2. The molecule has 0 amide bonds. The van der Waals surface area contributed by atoms with Crippen LogP contribution in [-0.2, 0) is 19.9 Å². The standard InChI is InChI=1S/C18H15FN2O7S2/c19-13-3-7-15(8-4-13)29(24,25)18(17-2-1-11-28-17)12-20-30(26,27)16-9-5-14(6-10-16)21(22)23/h1-11,18,20H,12H2. The molecule has 0 aliphatic rings. The molecule has 0 aliphatic heterocycles. The monoisotopic (exact) mass is 454 g/mol. The molecule has 1 N–H and O–H groups in total. The second-order valence-electron chi connectivity index (χ2n) is 6.11. The van der Waals surface area contributed by atoms with Gasteiger partial charge in [-0.05, 0) is 48.5 Å². The molecule has 0 radical (unpaired) electrons. The Bertz CT molecular complexity index is 1240. The highest BCUT2D eigenvalue weighted by Gasteiger charge is 2.33. The summed E-state index contributed by atoms with van der Waals surface area (Å²) in [5, 5.41) is 9.29. The largest absolute Gasteiger partial charge is 0.468 e. The number of rotatable bonds is 8. The Morgan fingerprint density at radius 3 is 2.10 bits per heavy atom. The molecule has 158 valence electrons. The van der Waals surface area contributed by atoms with Gasteiger partial charge in [-0.15, -0.1) is 0 Å². The van der Waals surface area contributed by atoms with Gasteiger partial charge >= 0.3 is 0 Å². The first kappa shape index (κ1) is 21.6. The molecule has 3 rings (SSSR count). The Kier molecular flexibility index (Phi) is 6.01. The van der Waals surface area contributed by atoms with Crippen molar-refractivity contribution in [3.05, 3.63) is 88.6 Å². The third-order valence-corrected chi connectivity index (χ3v) is 7.71. The fourth-order valence-corrected chi connectivity index (χ4v) is 5.38. The van der Waals surface area contributed by atoms with Crippen molar-refractivity contribution >= 4 is 25.5 Å². The van der Waals surface area contributed by atoms with Crippen LogP contribution in [-0.4, -0.2) is 28.3 Å². The van der Waals surface area contributed by atoms with Gasteiger partial charge in [0.1, 0.15) is 16.8 Å². The van der Waals surface area contributed by atoms with E-state index in [0.29, 0.717) is 0 Å². The molecular weight excluding hydrogens is 439 g/mol. The average Bonchev–Trinajstić information content (AvgIpc) is 3.22. The minimum absolute atomic E-state index is 0.00859. The number of hydrogen-bond acceptors (Lipinski definition) is 7. The van der Waals surface area contributed by atoms with Crippen LogP contribution in [0.2, 0.25) is 0 Å². The Morgan fingerprint density at radius 2 is 1.57 bits per heavy atom. The fourth-order valence-electron chi connectivity index (χ4n) is 2.64. The number of benzene rings is 2. The van der Waals surface area contributed by atoms with Crippen molar-refractivity contribution in [2.75, 3.05) is 6.54 Å². The van der Waals surface area contributed by atoms with Crippen LogP contribution in [0.15, 0.2) is 81.1 Å². The third-order valence-electron chi connectivity index (χ3n) is 4.19. The van der Waals surface area contributed by atoms with Gasteiger partial charge in [-0.1, -0.05) is 0 Å². The van der Waals surface area contributed by atoms with Crippen molar-refractivity contribution in [2.45, 2.75) is 15.0 Å². The molecule has 1 unspecified atom stereocenters. The Morgan fingerprint density at radius 1 is 0.967 bits per heavy atom. The van der Waals surface area contributed by atoms with Gasteiger partial charge in [0.2, 0.25) is 10.0 Å². The Balaban J connectivity index is 1.89. The van der Waals surface area contributed by atoms with Crippen molar-refractivity contribution in [2.24, 2.45) is 0 Å². The van der Waals surface area contributed by atoms with Crippen LogP contribution >= 0.6 is 0 Å². The Labute approximate surface area is 171 Å². The average molecular weight is 454 g/mol. The first-order valence-electron chi connectivity index (χ1n) is 8.38. The summed E-state index contributed by atoms with van der Waals surface area (Å²) >= 11 is 0. The van der Waals surface area contributed by atoms with Crippen LogP contribution in [0.1, 0.15) is 11.0 Å². The maximum atomic E-state index is 13.2. The molecule has 12 heteroatoms. The van der Waals surface area contributed by atoms with E-state index in [9.17, 15) is 31.3 Å². The predicted octanol–water partition coefficient (Wildman–Crippen LogP) is 2.82. The third kappa shape index (κ3) is 4.56. The summed E-state index contributed by atoms with van der Waals surface area (Å²) in [6.45, 7) is -0.577. The van der Waals surface area contributed by atoms with Crippen LogP contribution in [0.4, 0.5) is 10.1 Å². The normalized spacial score (nSPS) is 13.1. The number of sulfone groups is 1. The van der Waals surface area contributed by atoms with Gasteiger partial charge in [0.15, 0.2) is 9.84 Å². The van der Waals surface area contributed by atoms with E-state index in [1.807, 2.05) is 0 Å². The zero-order valence-corrected chi connectivity index (χ0v) is 16.8. The van der Waals surface area contributed by atoms with Crippen molar-refractivity contribution in [1.29, 1.82) is 0 Å². The van der Waals surface area contributed by atoms with Gasteiger partial charge in [-0.25, -0.2) is 25.9 Å². The SMILES string of the molecule is O=[N+]([O-])c1ccc(S(=O)(=O)NCC(c2ccco2)S(=O)(=O)c2ccc(F)cc2)cc1. The number of hydrogen-bond donors (Lipinski definition) is 1. The van der Waals surface area contributed by atoms with Crippen molar-refractivity contribution in [3.63, 3.8) is 0 Å². The summed E-state index contributed by atoms with van der Waals surface area (Å²) in [6.07, 6.45) is 1.24. The number of nitro groups is 1. The van der Waals surface area contributed by atoms with Gasteiger partial charge < -0.3 is 4.42 Å². The van der Waals surface area contributed by atoms with E-state index in [2.05, 4.69) is 4.72 Å². The van der Waals surface area contributed by atoms with Gasteiger partial charge in [-0.3, -0.25) is 10.1 Å². The van der Waals surface area contributed by atoms with Gasteiger partial charge in [-0.2, -0.15) is 0 Å². The Hall–Kier alpha value is -3.09. The summed E-state index contributed by atoms with van der Waals surface area (Å²) in [5.41, 5.74) is -0.290. The maximum Gasteiger partial charge on any atom is 0.269 e. The number of nitrogens with zero attached hydrogens (tertiary/aromatic N) is 1. The molecular formula is C18H15FN2O7S2. The topological polar surface area (TPSA) is 137 Å². The van der Waals surface area contributed by atoms with E-state index in [1.54, 1.807) is 0 Å².